The van der Waals surface area contributed by atoms with Crippen LogP contribution in [0.3, 0.4) is 0 Å². The van der Waals surface area contributed by atoms with Crippen molar-refractivity contribution < 1.29 is 28.2 Å². The summed E-state index contributed by atoms with van der Waals surface area (Å²) in [6.45, 7) is 2.52. The normalized spacial score (nSPS) is 11.6. The monoisotopic (exact) mass is 248 g/mol. The second-order valence-electron chi connectivity index (χ2n) is 4.35. The Morgan fingerprint density at radius 2 is 1.82 bits per heavy atom. The summed E-state index contributed by atoms with van der Waals surface area (Å²) in [7, 11) is 0. The van der Waals surface area contributed by atoms with Gasteiger partial charge in [0.2, 0.25) is 0 Å². The molecule has 1 aromatic carbocycles. The van der Waals surface area contributed by atoms with Gasteiger partial charge in [-0.3, -0.25) is 4.79 Å². The molecule has 0 unspecified atom stereocenters. The summed E-state index contributed by atoms with van der Waals surface area (Å²) < 4.78 is 39.3. The van der Waals surface area contributed by atoms with Gasteiger partial charge in [0.15, 0.2) is 23.2 Å². The van der Waals surface area contributed by atoms with Gasteiger partial charge in [-0.05, 0) is 20.3 Å². The van der Waals surface area contributed by atoms with Crippen molar-refractivity contribution in [2.75, 3.05) is 0 Å². The van der Waals surface area contributed by atoms with Crippen molar-refractivity contribution in [3.8, 4) is 5.75 Å². The third-order valence-corrected chi connectivity index (χ3v) is 2.44. The van der Waals surface area contributed by atoms with Crippen LogP contribution in [-0.2, 0) is 11.2 Å². The predicted molar refractivity (Wildman–Crippen MR) is 53.1 cm³/mol. The number of rotatable bonds is 3. The van der Waals surface area contributed by atoms with Crippen molar-refractivity contribution in [1.82, 2.24) is 0 Å². The zero-order valence-electron chi connectivity index (χ0n) is 9.22. The first kappa shape index (κ1) is 13.3. The Morgan fingerprint density at radius 3 is 2.29 bits per heavy atom. The van der Waals surface area contributed by atoms with E-state index in [2.05, 4.69) is 0 Å². The maximum absolute atomic E-state index is 13.3. The number of carbonyl (C=O) groups is 1. The lowest BCUT2D eigenvalue weighted by molar-refractivity contribution is -0.146. The first-order chi connectivity index (χ1) is 7.66. The van der Waals surface area contributed by atoms with Crippen LogP contribution in [0, 0.1) is 22.9 Å². The lowest BCUT2D eigenvalue weighted by atomic mass is 9.85. The van der Waals surface area contributed by atoms with Crippen molar-refractivity contribution in [1.29, 1.82) is 0 Å². The van der Waals surface area contributed by atoms with Crippen LogP contribution in [0.1, 0.15) is 19.4 Å². The van der Waals surface area contributed by atoms with Crippen molar-refractivity contribution in [2.45, 2.75) is 20.3 Å². The molecule has 0 radical (unpaired) electrons. The average molecular weight is 248 g/mol. The average Bonchev–Trinajstić information content (AvgIpc) is 2.21. The van der Waals surface area contributed by atoms with Gasteiger partial charge in [-0.1, -0.05) is 0 Å². The standard InChI is InChI=1S/C11H11F3O3/c1-11(2,10(16)17)4-5-8(14)6(12)3-7(13)9(5)15/h3,15H,4H2,1-2H3,(H,16,17). The zero-order chi connectivity index (χ0) is 13.4. The third kappa shape index (κ3) is 2.51. The number of hydrogen-bond donors (Lipinski definition) is 2. The van der Waals surface area contributed by atoms with E-state index in [-0.39, 0.29) is 6.07 Å². The number of aromatic hydroxyl groups is 1. The van der Waals surface area contributed by atoms with Crippen molar-refractivity contribution in [3.63, 3.8) is 0 Å². The van der Waals surface area contributed by atoms with Crippen molar-refractivity contribution in [3.05, 3.63) is 29.1 Å². The lowest BCUT2D eigenvalue weighted by Gasteiger charge is -2.20. The highest BCUT2D eigenvalue weighted by Crippen LogP contribution is 2.32. The Labute approximate surface area is 95.5 Å². The van der Waals surface area contributed by atoms with Crippen molar-refractivity contribution >= 4 is 5.97 Å². The van der Waals surface area contributed by atoms with E-state index in [1.807, 2.05) is 0 Å². The number of phenols is 1. The number of carboxylic acid groups (broad SMARTS) is 1. The number of benzene rings is 1. The second kappa shape index (κ2) is 4.27. The van der Waals surface area contributed by atoms with E-state index in [1.165, 1.54) is 13.8 Å². The van der Waals surface area contributed by atoms with E-state index in [9.17, 15) is 23.1 Å². The summed E-state index contributed by atoms with van der Waals surface area (Å²) in [5, 5.41) is 18.1. The molecule has 3 nitrogen and oxygen atoms in total. The molecular weight excluding hydrogens is 237 g/mol. The molecular formula is C11H11F3O3. The molecule has 94 valence electrons. The molecule has 0 saturated carbocycles. The minimum Gasteiger partial charge on any atom is -0.505 e. The van der Waals surface area contributed by atoms with Gasteiger partial charge < -0.3 is 10.2 Å². The number of hydrogen-bond acceptors (Lipinski definition) is 2. The number of aliphatic carboxylic acids is 1. The maximum Gasteiger partial charge on any atom is 0.309 e. The molecule has 6 heteroatoms. The van der Waals surface area contributed by atoms with E-state index >= 15 is 0 Å². The molecule has 0 atom stereocenters. The molecule has 0 aliphatic rings. The Hall–Kier alpha value is -1.72. The molecule has 0 fully saturated rings. The third-order valence-electron chi connectivity index (χ3n) is 2.44. The molecule has 2 N–H and O–H groups in total. The van der Waals surface area contributed by atoms with Crippen LogP contribution in [0.25, 0.3) is 0 Å². The molecule has 0 spiro atoms. The summed E-state index contributed by atoms with van der Waals surface area (Å²) in [4.78, 5) is 10.8. The highest BCUT2D eigenvalue weighted by Gasteiger charge is 2.31. The fraction of sp³-hybridized carbons (Fsp3) is 0.364. The molecule has 0 amide bonds. The topological polar surface area (TPSA) is 57.5 Å². The van der Waals surface area contributed by atoms with E-state index in [1.54, 1.807) is 0 Å². The molecule has 17 heavy (non-hydrogen) atoms. The van der Waals surface area contributed by atoms with E-state index in [0.29, 0.717) is 0 Å². The highest BCUT2D eigenvalue weighted by atomic mass is 19.2. The molecule has 0 aromatic heterocycles. The zero-order valence-corrected chi connectivity index (χ0v) is 9.22. The largest absolute Gasteiger partial charge is 0.505 e. The number of carboxylic acids is 1. The van der Waals surface area contributed by atoms with E-state index < -0.39 is 46.6 Å². The summed E-state index contributed by atoms with van der Waals surface area (Å²) in [6.07, 6.45) is -0.519. The van der Waals surface area contributed by atoms with Crippen LogP contribution in [-0.4, -0.2) is 16.2 Å². The minimum absolute atomic E-state index is 0.210. The van der Waals surface area contributed by atoms with Gasteiger partial charge in [-0.2, -0.15) is 0 Å². The predicted octanol–water partition coefficient (Wildman–Crippen LogP) is 2.46. The molecule has 1 aromatic rings. The minimum atomic E-state index is -1.46. The number of phenolic OH excluding ortho intramolecular Hbond substituents is 1. The Bertz CT molecular complexity index is 443. The van der Waals surface area contributed by atoms with Gasteiger partial charge in [-0.15, -0.1) is 0 Å². The summed E-state index contributed by atoms with van der Waals surface area (Å²) >= 11 is 0. The van der Waals surface area contributed by atoms with Gasteiger partial charge in [0, 0.05) is 11.6 Å². The fourth-order valence-corrected chi connectivity index (χ4v) is 1.31. The molecule has 0 saturated heterocycles. The van der Waals surface area contributed by atoms with Crippen LogP contribution >= 0.6 is 0 Å². The molecule has 0 aliphatic carbocycles. The molecule has 0 aliphatic heterocycles. The first-order valence-electron chi connectivity index (χ1n) is 4.75. The van der Waals surface area contributed by atoms with Crippen molar-refractivity contribution in [2.24, 2.45) is 5.41 Å². The van der Waals surface area contributed by atoms with E-state index in [0.717, 1.165) is 0 Å². The molecule has 1 rings (SSSR count). The van der Waals surface area contributed by atoms with Gasteiger partial charge in [0.05, 0.1) is 5.41 Å². The smallest absolute Gasteiger partial charge is 0.309 e. The van der Waals surface area contributed by atoms with Crippen LogP contribution in [0.4, 0.5) is 13.2 Å². The molecule has 0 bridgehead atoms. The van der Waals surface area contributed by atoms with Crippen LogP contribution < -0.4 is 0 Å². The first-order valence-corrected chi connectivity index (χ1v) is 4.75. The van der Waals surface area contributed by atoms with Gasteiger partial charge in [0.1, 0.15) is 0 Å². The highest BCUT2D eigenvalue weighted by molar-refractivity contribution is 5.74. The number of halogens is 3. The summed E-state index contributed by atoms with van der Waals surface area (Å²) in [6, 6.07) is 0.210. The van der Waals surface area contributed by atoms with Crippen LogP contribution in [0.2, 0.25) is 0 Å². The molecule has 0 heterocycles. The quantitative estimate of drug-likeness (QED) is 0.808. The van der Waals surface area contributed by atoms with Gasteiger partial charge in [0.25, 0.3) is 0 Å². The summed E-state index contributed by atoms with van der Waals surface area (Å²) in [5.74, 6) is -6.53. The van der Waals surface area contributed by atoms with Gasteiger partial charge >= 0.3 is 5.97 Å². The Kier molecular flexibility index (Phi) is 3.35. The van der Waals surface area contributed by atoms with Crippen LogP contribution in [0.5, 0.6) is 5.75 Å². The Balaban J connectivity index is 3.28. The van der Waals surface area contributed by atoms with Crippen LogP contribution in [0.15, 0.2) is 6.07 Å². The Morgan fingerprint density at radius 1 is 1.29 bits per heavy atom. The maximum atomic E-state index is 13.3. The fourth-order valence-electron chi connectivity index (χ4n) is 1.31. The second-order valence-corrected chi connectivity index (χ2v) is 4.35. The lowest BCUT2D eigenvalue weighted by Crippen LogP contribution is -2.27. The summed E-state index contributed by atoms with van der Waals surface area (Å²) in [5.41, 5.74) is -2.12. The van der Waals surface area contributed by atoms with Gasteiger partial charge in [-0.25, -0.2) is 13.2 Å². The van der Waals surface area contributed by atoms with E-state index in [4.69, 9.17) is 5.11 Å². The SMILES string of the molecule is CC(C)(Cc1c(O)c(F)cc(F)c1F)C(=O)O.